The zero-order chi connectivity index (χ0) is 13.2. The average Bonchev–Trinajstić information content (AvgIpc) is 2.46. The molecule has 0 heterocycles. The van der Waals surface area contributed by atoms with E-state index in [1.165, 1.54) is 0 Å². The Kier molecular flexibility index (Phi) is 2.66. The highest BCUT2D eigenvalue weighted by atomic mass is 16.4. The number of hydrogen-bond acceptors (Lipinski definition) is 1. The molecule has 0 bridgehead atoms. The Morgan fingerprint density at radius 2 is 1.84 bits per heavy atom. The molecule has 90 valence electrons. The van der Waals surface area contributed by atoms with Crippen molar-refractivity contribution in [2.24, 2.45) is 0 Å². The van der Waals surface area contributed by atoms with E-state index in [1.54, 1.807) is 12.1 Å². The number of fused-ring (bicyclic) bond motifs is 1. The van der Waals surface area contributed by atoms with Crippen LogP contribution < -0.4 is 0 Å². The summed E-state index contributed by atoms with van der Waals surface area (Å²) in [6, 6.07) is 22.3. The van der Waals surface area contributed by atoms with Crippen molar-refractivity contribution in [3.05, 3.63) is 72.3 Å². The van der Waals surface area contributed by atoms with Crippen LogP contribution in [0.3, 0.4) is 0 Å². The fraction of sp³-hybridized carbons (Fsp3) is 0. The van der Waals surface area contributed by atoms with Gasteiger partial charge in [0.2, 0.25) is 0 Å². The van der Waals surface area contributed by atoms with Crippen LogP contribution in [-0.2, 0) is 0 Å². The molecule has 0 aliphatic carbocycles. The van der Waals surface area contributed by atoms with Crippen LogP contribution in [0.2, 0.25) is 0 Å². The zero-order valence-corrected chi connectivity index (χ0v) is 10.1. The molecule has 3 aromatic rings. The van der Waals surface area contributed by atoms with Crippen LogP contribution >= 0.6 is 0 Å². The van der Waals surface area contributed by atoms with Gasteiger partial charge in [-0.25, -0.2) is 4.79 Å². The zero-order valence-electron chi connectivity index (χ0n) is 10.1. The maximum atomic E-state index is 11.6. The van der Waals surface area contributed by atoms with E-state index in [-0.39, 0.29) is 0 Å². The molecule has 0 saturated carbocycles. The standard InChI is InChI=1S/C17H10O2/c18-17(19)16-14-9-5-4-8-13(14)10-11-15(16)12-6-2-1-3-7-12/h2,4-11H,(H,18,19). The van der Waals surface area contributed by atoms with Crippen LogP contribution in [0.4, 0.5) is 0 Å². The fourth-order valence-corrected chi connectivity index (χ4v) is 2.26. The van der Waals surface area contributed by atoms with Gasteiger partial charge in [-0.05, 0) is 40.1 Å². The summed E-state index contributed by atoms with van der Waals surface area (Å²) in [5.41, 5.74) is 1.87. The molecule has 1 N–H and O–H groups in total. The third-order valence-corrected chi connectivity index (χ3v) is 3.11. The molecule has 0 radical (unpaired) electrons. The highest BCUT2D eigenvalue weighted by Gasteiger charge is 2.15. The molecule has 0 saturated heterocycles. The first kappa shape index (κ1) is 11.3. The van der Waals surface area contributed by atoms with Gasteiger partial charge in [-0.3, -0.25) is 0 Å². The highest BCUT2D eigenvalue weighted by molar-refractivity contribution is 6.09. The third kappa shape index (κ3) is 1.92. The van der Waals surface area contributed by atoms with Crippen LogP contribution in [0.5, 0.6) is 0 Å². The van der Waals surface area contributed by atoms with Gasteiger partial charge >= 0.3 is 5.97 Å². The Bertz CT molecular complexity index is 746. The highest BCUT2D eigenvalue weighted by Crippen LogP contribution is 2.29. The number of carboxylic acids is 1. The minimum atomic E-state index is -0.917. The predicted molar refractivity (Wildman–Crippen MR) is 74.0 cm³/mol. The summed E-state index contributed by atoms with van der Waals surface area (Å²) < 4.78 is 0. The van der Waals surface area contributed by atoms with Gasteiger partial charge in [0.25, 0.3) is 0 Å². The van der Waals surface area contributed by atoms with Crippen molar-refractivity contribution in [1.82, 2.24) is 0 Å². The van der Waals surface area contributed by atoms with E-state index < -0.39 is 5.97 Å². The van der Waals surface area contributed by atoms with E-state index in [0.29, 0.717) is 11.1 Å². The Labute approximate surface area is 110 Å². The molecule has 0 atom stereocenters. The number of rotatable bonds is 2. The molecule has 0 aromatic heterocycles. The molecular formula is C17H10O2. The summed E-state index contributed by atoms with van der Waals surface area (Å²) in [5, 5.41) is 11.2. The largest absolute Gasteiger partial charge is 0.478 e. The minimum absolute atomic E-state index is 0.331. The van der Waals surface area contributed by atoms with Crippen molar-refractivity contribution in [3.63, 3.8) is 0 Å². The van der Waals surface area contributed by atoms with E-state index >= 15 is 0 Å². The van der Waals surface area contributed by atoms with Gasteiger partial charge in [-0.15, -0.1) is 0 Å². The topological polar surface area (TPSA) is 37.3 Å². The molecule has 0 fully saturated rings. The second-order valence-corrected chi connectivity index (χ2v) is 4.24. The summed E-state index contributed by atoms with van der Waals surface area (Å²) in [4.78, 5) is 11.6. The van der Waals surface area contributed by atoms with Gasteiger partial charge in [0.05, 0.1) is 5.56 Å². The first-order valence-corrected chi connectivity index (χ1v) is 5.90. The molecule has 2 nitrogen and oxygen atoms in total. The smallest absolute Gasteiger partial charge is 0.336 e. The molecule has 0 amide bonds. The first-order valence-electron chi connectivity index (χ1n) is 5.90. The molecule has 3 aromatic carbocycles. The van der Waals surface area contributed by atoms with Crippen molar-refractivity contribution in [1.29, 1.82) is 0 Å². The number of aromatic carboxylic acids is 1. The summed E-state index contributed by atoms with van der Waals surface area (Å²) in [7, 11) is 0. The third-order valence-electron chi connectivity index (χ3n) is 3.11. The van der Waals surface area contributed by atoms with Gasteiger partial charge in [-0.2, -0.15) is 0 Å². The molecular weight excluding hydrogens is 236 g/mol. The normalized spacial score (nSPS) is 10.1. The van der Waals surface area contributed by atoms with Crippen molar-refractivity contribution in [2.75, 3.05) is 0 Å². The summed E-state index contributed by atoms with van der Waals surface area (Å²) in [6.07, 6.45) is 0. The second-order valence-electron chi connectivity index (χ2n) is 4.24. The van der Waals surface area contributed by atoms with Crippen LogP contribution in [-0.4, -0.2) is 11.1 Å². The van der Waals surface area contributed by atoms with Crippen LogP contribution in [0, 0.1) is 12.1 Å². The lowest BCUT2D eigenvalue weighted by Gasteiger charge is -2.09. The quantitative estimate of drug-likeness (QED) is 0.746. The Balaban J connectivity index is 2.37. The van der Waals surface area contributed by atoms with Crippen LogP contribution in [0.15, 0.2) is 54.6 Å². The number of carbonyl (C=O) groups is 1. The number of benzene rings is 2. The molecule has 0 unspecified atom stereocenters. The first-order chi connectivity index (χ1) is 9.27. The predicted octanol–water partition coefficient (Wildman–Crippen LogP) is 3.81. The van der Waals surface area contributed by atoms with E-state index in [2.05, 4.69) is 12.1 Å². The van der Waals surface area contributed by atoms with Gasteiger partial charge in [0.15, 0.2) is 0 Å². The molecule has 19 heavy (non-hydrogen) atoms. The summed E-state index contributed by atoms with van der Waals surface area (Å²) >= 11 is 0. The lowest BCUT2D eigenvalue weighted by atomic mass is 9.94. The molecule has 3 rings (SSSR count). The van der Waals surface area contributed by atoms with Gasteiger partial charge < -0.3 is 5.11 Å². The van der Waals surface area contributed by atoms with E-state index in [9.17, 15) is 9.90 Å². The molecule has 2 heteroatoms. The van der Waals surface area contributed by atoms with E-state index in [1.807, 2.05) is 42.5 Å². The molecule has 0 aliphatic rings. The van der Waals surface area contributed by atoms with Crippen molar-refractivity contribution < 1.29 is 9.90 Å². The lowest BCUT2D eigenvalue weighted by Crippen LogP contribution is -2.00. The van der Waals surface area contributed by atoms with Gasteiger partial charge in [-0.1, -0.05) is 48.5 Å². The van der Waals surface area contributed by atoms with E-state index in [4.69, 9.17) is 0 Å². The summed E-state index contributed by atoms with van der Waals surface area (Å²) in [6.45, 7) is 0. The Hall–Kier alpha value is -2.79. The summed E-state index contributed by atoms with van der Waals surface area (Å²) in [5.74, 6) is -0.917. The second kappa shape index (κ2) is 4.47. The van der Waals surface area contributed by atoms with E-state index in [0.717, 1.165) is 16.3 Å². The van der Waals surface area contributed by atoms with Gasteiger partial charge in [0, 0.05) is 0 Å². The monoisotopic (exact) mass is 246 g/mol. The van der Waals surface area contributed by atoms with Crippen LogP contribution in [0.25, 0.3) is 21.9 Å². The Morgan fingerprint density at radius 1 is 1.00 bits per heavy atom. The minimum Gasteiger partial charge on any atom is -0.478 e. The molecule has 0 spiro atoms. The maximum absolute atomic E-state index is 11.6. The Morgan fingerprint density at radius 3 is 2.58 bits per heavy atom. The number of hydrogen-bond donors (Lipinski definition) is 1. The lowest BCUT2D eigenvalue weighted by molar-refractivity contribution is 0.0700. The SMILES string of the molecule is O=C(O)c1c(-c2cc#ccc2)ccc2ccccc12. The van der Waals surface area contributed by atoms with Gasteiger partial charge in [0.1, 0.15) is 0 Å². The maximum Gasteiger partial charge on any atom is 0.336 e. The molecule has 0 aliphatic heterocycles. The van der Waals surface area contributed by atoms with Crippen molar-refractivity contribution in [3.8, 4) is 11.1 Å². The van der Waals surface area contributed by atoms with Crippen molar-refractivity contribution in [2.45, 2.75) is 0 Å². The van der Waals surface area contributed by atoms with Crippen LogP contribution in [0.1, 0.15) is 10.4 Å². The average molecular weight is 246 g/mol. The van der Waals surface area contributed by atoms with Crippen molar-refractivity contribution >= 4 is 16.7 Å². The number of carboxylic acid groups (broad SMARTS) is 1. The fourth-order valence-electron chi connectivity index (χ4n) is 2.26.